The molecule has 0 spiro atoms. The zero-order valence-electron chi connectivity index (χ0n) is 13.7. The van der Waals surface area contributed by atoms with Gasteiger partial charge in [0.2, 0.25) is 0 Å². The third-order valence-corrected chi connectivity index (χ3v) is 4.53. The van der Waals surface area contributed by atoms with Gasteiger partial charge in [-0.05, 0) is 55.2 Å². The molecule has 5 heteroatoms. The van der Waals surface area contributed by atoms with Gasteiger partial charge in [0.15, 0.2) is 0 Å². The molecule has 3 aromatic rings. The van der Waals surface area contributed by atoms with Crippen LogP contribution in [0, 0.1) is 12.7 Å². The smallest absolute Gasteiger partial charge is 0.142 e. The van der Waals surface area contributed by atoms with Crippen LogP contribution in [-0.4, -0.2) is 21.9 Å². The molecule has 2 aromatic heterocycles. The van der Waals surface area contributed by atoms with E-state index in [-0.39, 0.29) is 11.9 Å². The van der Waals surface area contributed by atoms with Crippen LogP contribution >= 0.6 is 0 Å². The lowest BCUT2D eigenvalue weighted by Crippen LogP contribution is -2.12. The predicted octanol–water partition coefficient (Wildman–Crippen LogP) is 3.74. The summed E-state index contributed by atoms with van der Waals surface area (Å²) in [6.45, 7) is 1.96. The average molecular weight is 323 g/mol. The van der Waals surface area contributed by atoms with Crippen LogP contribution in [-0.2, 0) is 12.8 Å². The third-order valence-electron chi connectivity index (χ3n) is 4.53. The molecule has 0 amide bonds. The molecule has 4 rings (SSSR count). The minimum absolute atomic E-state index is 0.221. The van der Waals surface area contributed by atoms with Gasteiger partial charge >= 0.3 is 0 Å². The first-order valence-corrected chi connectivity index (χ1v) is 7.97. The Morgan fingerprint density at radius 2 is 1.96 bits per heavy atom. The maximum atomic E-state index is 13.6. The average Bonchev–Trinajstić information content (AvgIpc) is 3.17. The first-order valence-electron chi connectivity index (χ1n) is 7.97. The number of ether oxygens (including phenoxy) is 1. The number of halogens is 1. The minimum Gasteiger partial charge on any atom is -0.497 e. The van der Waals surface area contributed by atoms with Crippen molar-refractivity contribution in [3.8, 4) is 17.0 Å². The molecule has 0 unspecified atom stereocenters. The van der Waals surface area contributed by atoms with Crippen molar-refractivity contribution in [3.05, 3.63) is 65.4 Å². The van der Waals surface area contributed by atoms with Crippen molar-refractivity contribution in [1.82, 2.24) is 14.8 Å². The number of fused-ring (bicyclic) bond motifs is 1. The standard InChI is InChI=1S/C19H18FN3O/c1-12-5-19(15-6-16(20)11-21-10-15)23(22-12)17-7-13-3-4-18(24-2)9-14(13)8-17/h3-6,9-11,17H,7-8H2,1-2H3/t17-/m1/s1. The Balaban J connectivity index is 1.71. The summed E-state index contributed by atoms with van der Waals surface area (Å²) in [5.41, 5.74) is 5.18. The maximum Gasteiger partial charge on any atom is 0.142 e. The molecular formula is C19H18FN3O. The van der Waals surface area contributed by atoms with E-state index in [2.05, 4.69) is 22.2 Å². The Labute approximate surface area is 139 Å². The van der Waals surface area contributed by atoms with Crippen LogP contribution in [0.4, 0.5) is 4.39 Å². The number of rotatable bonds is 3. The molecule has 0 saturated carbocycles. The largest absolute Gasteiger partial charge is 0.497 e. The normalized spacial score (nSPS) is 16.2. The zero-order chi connectivity index (χ0) is 16.7. The van der Waals surface area contributed by atoms with Gasteiger partial charge in [0.05, 0.1) is 30.7 Å². The summed E-state index contributed by atoms with van der Waals surface area (Å²) in [6, 6.07) is 9.92. The van der Waals surface area contributed by atoms with E-state index in [1.54, 1.807) is 13.3 Å². The highest BCUT2D eigenvalue weighted by Gasteiger charge is 2.26. The second-order valence-electron chi connectivity index (χ2n) is 6.20. The van der Waals surface area contributed by atoms with E-state index in [0.717, 1.165) is 35.5 Å². The molecule has 0 saturated heterocycles. The summed E-state index contributed by atoms with van der Waals surface area (Å²) in [6.07, 6.45) is 4.70. The summed E-state index contributed by atoms with van der Waals surface area (Å²) < 4.78 is 20.9. The number of benzene rings is 1. The minimum atomic E-state index is -0.336. The Kier molecular flexibility index (Phi) is 3.56. The van der Waals surface area contributed by atoms with Gasteiger partial charge in [-0.25, -0.2) is 4.39 Å². The van der Waals surface area contributed by atoms with E-state index < -0.39 is 0 Å². The van der Waals surface area contributed by atoms with Crippen LogP contribution in [0.2, 0.25) is 0 Å². The number of nitrogens with zero attached hydrogens (tertiary/aromatic N) is 3. The Morgan fingerprint density at radius 3 is 2.75 bits per heavy atom. The molecule has 1 aromatic carbocycles. The molecule has 0 aliphatic heterocycles. The lowest BCUT2D eigenvalue weighted by Gasteiger charge is -2.14. The highest BCUT2D eigenvalue weighted by atomic mass is 19.1. The Bertz CT molecular complexity index is 903. The fourth-order valence-electron chi connectivity index (χ4n) is 3.43. The van der Waals surface area contributed by atoms with Crippen molar-refractivity contribution >= 4 is 0 Å². The lowest BCUT2D eigenvalue weighted by atomic mass is 10.1. The van der Waals surface area contributed by atoms with E-state index in [0.29, 0.717) is 0 Å². The van der Waals surface area contributed by atoms with Crippen molar-refractivity contribution in [2.24, 2.45) is 0 Å². The molecule has 0 bridgehead atoms. The van der Waals surface area contributed by atoms with Gasteiger partial charge in [0.1, 0.15) is 11.6 Å². The molecule has 1 aliphatic rings. The van der Waals surface area contributed by atoms with E-state index in [9.17, 15) is 4.39 Å². The SMILES string of the molecule is COc1ccc2c(c1)C[C@H](n1nc(C)cc1-c1cncc(F)c1)C2. The van der Waals surface area contributed by atoms with Crippen LogP contribution in [0.25, 0.3) is 11.3 Å². The second-order valence-corrected chi connectivity index (χ2v) is 6.20. The van der Waals surface area contributed by atoms with Gasteiger partial charge in [-0.2, -0.15) is 5.10 Å². The van der Waals surface area contributed by atoms with Crippen LogP contribution in [0.5, 0.6) is 5.75 Å². The van der Waals surface area contributed by atoms with Gasteiger partial charge < -0.3 is 4.74 Å². The molecule has 4 nitrogen and oxygen atoms in total. The molecule has 122 valence electrons. The highest BCUT2D eigenvalue weighted by molar-refractivity contribution is 5.59. The number of aromatic nitrogens is 3. The van der Waals surface area contributed by atoms with Crippen LogP contribution in [0.3, 0.4) is 0 Å². The van der Waals surface area contributed by atoms with Gasteiger partial charge in [-0.1, -0.05) is 6.07 Å². The molecule has 1 atom stereocenters. The lowest BCUT2D eigenvalue weighted by molar-refractivity contribution is 0.414. The van der Waals surface area contributed by atoms with Crippen molar-refractivity contribution in [1.29, 1.82) is 0 Å². The van der Waals surface area contributed by atoms with Gasteiger partial charge in [0, 0.05) is 11.8 Å². The van der Waals surface area contributed by atoms with E-state index >= 15 is 0 Å². The Morgan fingerprint density at radius 1 is 1.12 bits per heavy atom. The fourth-order valence-corrected chi connectivity index (χ4v) is 3.43. The summed E-state index contributed by atoms with van der Waals surface area (Å²) >= 11 is 0. The molecule has 0 radical (unpaired) electrons. The summed E-state index contributed by atoms with van der Waals surface area (Å²) in [5.74, 6) is 0.540. The summed E-state index contributed by atoms with van der Waals surface area (Å²) in [4.78, 5) is 3.97. The molecule has 2 heterocycles. The second kappa shape index (κ2) is 5.74. The van der Waals surface area contributed by atoms with Crippen LogP contribution in [0.1, 0.15) is 22.9 Å². The topological polar surface area (TPSA) is 39.9 Å². The Hall–Kier alpha value is -2.69. The number of hydrogen-bond donors (Lipinski definition) is 0. The third kappa shape index (κ3) is 2.56. The van der Waals surface area contributed by atoms with Crippen molar-refractivity contribution in [2.45, 2.75) is 25.8 Å². The van der Waals surface area contributed by atoms with Crippen molar-refractivity contribution in [3.63, 3.8) is 0 Å². The highest BCUT2D eigenvalue weighted by Crippen LogP contribution is 2.35. The van der Waals surface area contributed by atoms with Crippen LogP contribution in [0.15, 0.2) is 42.7 Å². The molecule has 0 fully saturated rings. The first-order chi connectivity index (χ1) is 11.6. The summed E-state index contributed by atoms with van der Waals surface area (Å²) in [5, 5.41) is 4.66. The molecule has 0 N–H and O–H groups in total. The number of methoxy groups -OCH3 is 1. The predicted molar refractivity (Wildman–Crippen MR) is 89.6 cm³/mol. The van der Waals surface area contributed by atoms with Crippen molar-refractivity contribution < 1.29 is 9.13 Å². The van der Waals surface area contributed by atoms with E-state index in [1.165, 1.54) is 23.4 Å². The monoisotopic (exact) mass is 323 g/mol. The van der Waals surface area contributed by atoms with E-state index in [4.69, 9.17) is 4.74 Å². The zero-order valence-corrected chi connectivity index (χ0v) is 13.7. The quantitative estimate of drug-likeness (QED) is 0.737. The summed E-state index contributed by atoms with van der Waals surface area (Å²) in [7, 11) is 1.68. The number of pyridine rings is 1. The molecule has 24 heavy (non-hydrogen) atoms. The van der Waals surface area contributed by atoms with Crippen molar-refractivity contribution in [2.75, 3.05) is 7.11 Å². The maximum absolute atomic E-state index is 13.6. The first kappa shape index (κ1) is 14.9. The number of hydrogen-bond acceptors (Lipinski definition) is 3. The van der Waals surface area contributed by atoms with Gasteiger partial charge in [-0.3, -0.25) is 9.67 Å². The molecular weight excluding hydrogens is 305 g/mol. The van der Waals surface area contributed by atoms with Gasteiger partial charge in [0.25, 0.3) is 0 Å². The molecule has 1 aliphatic carbocycles. The van der Waals surface area contributed by atoms with Crippen LogP contribution < -0.4 is 4.74 Å². The van der Waals surface area contributed by atoms with E-state index in [1.807, 2.05) is 23.7 Å². The fraction of sp³-hybridized carbons (Fsp3) is 0.263. The van der Waals surface area contributed by atoms with Gasteiger partial charge in [-0.15, -0.1) is 0 Å². The number of aryl methyl sites for hydroxylation is 1.